The fourth-order valence-corrected chi connectivity index (χ4v) is 5.86. The van der Waals surface area contributed by atoms with Crippen LogP contribution in [0.15, 0.2) is 48.7 Å². The van der Waals surface area contributed by atoms with Crippen molar-refractivity contribution in [2.24, 2.45) is 5.41 Å². The highest BCUT2D eigenvalue weighted by atomic mass is 16.5. The van der Waals surface area contributed by atoms with Crippen molar-refractivity contribution in [3.63, 3.8) is 0 Å². The van der Waals surface area contributed by atoms with Crippen LogP contribution in [-0.2, 0) is 32.1 Å². The van der Waals surface area contributed by atoms with E-state index in [2.05, 4.69) is 19.9 Å². The molecule has 2 unspecified atom stereocenters. The van der Waals surface area contributed by atoms with Gasteiger partial charge in [-0.3, -0.25) is 9.59 Å². The number of fused-ring (bicyclic) bond motifs is 1. The monoisotopic (exact) mass is 699 g/mol. The summed E-state index contributed by atoms with van der Waals surface area (Å²) in [5.74, 6) is 0.115. The maximum absolute atomic E-state index is 13.9. The van der Waals surface area contributed by atoms with Crippen LogP contribution in [0.2, 0.25) is 0 Å². The second-order valence-corrected chi connectivity index (χ2v) is 13.1. The number of likely N-dealkylation sites (tertiary alicyclic amines) is 1. The number of methoxy groups -OCH3 is 2. The van der Waals surface area contributed by atoms with Crippen LogP contribution in [0, 0.1) is 5.41 Å². The van der Waals surface area contributed by atoms with Gasteiger partial charge in [0.15, 0.2) is 28.5 Å². The van der Waals surface area contributed by atoms with Gasteiger partial charge in [0.25, 0.3) is 5.91 Å². The van der Waals surface area contributed by atoms with E-state index in [-0.39, 0.29) is 24.0 Å². The van der Waals surface area contributed by atoms with Crippen LogP contribution in [0.5, 0.6) is 17.2 Å². The number of hydrogen-bond donors (Lipinski definition) is 2. The van der Waals surface area contributed by atoms with E-state index in [1.165, 1.54) is 11.1 Å². The molecule has 1 aliphatic heterocycles. The van der Waals surface area contributed by atoms with E-state index in [1.54, 1.807) is 40.2 Å². The number of nitrogen functional groups attached to an aromatic ring is 2. The quantitative estimate of drug-likeness (QED) is 0.135. The maximum atomic E-state index is 13.9. The molecule has 0 radical (unpaired) electrons. The zero-order chi connectivity index (χ0) is 36.7. The predicted molar refractivity (Wildman–Crippen MR) is 190 cm³/mol. The van der Waals surface area contributed by atoms with Gasteiger partial charge in [0.05, 0.1) is 26.1 Å². The number of benzene rings is 2. The number of piperidine rings is 1. The van der Waals surface area contributed by atoms with Gasteiger partial charge in [-0.2, -0.15) is 9.97 Å². The average Bonchev–Trinajstić information content (AvgIpc) is 3.14. The minimum atomic E-state index is -0.871. The highest BCUT2D eigenvalue weighted by Gasteiger charge is 2.41. The highest BCUT2D eigenvalue weighted by molar-refractivity contribution is 6.38. The van der Waals surface area contributed by atoms with Crippen LogP contribution >= 0.6 is 0 Å². The van der Waals surface area contributed by atoms with Crippen LogP contribution in [0.4, 0.5) is 11.8 Å². The van der Waals surface area contributed by atoms with Crippen molar-refractivity contribution in [3.8, 4) is 17.2 Å². The summed E-state index contributed by atoms with van der Waals surface area (Å²) >= 11 is 0. The number of hydrogen-bond acceptors (Lipinski definition) is 13. The van der Waals surface area contributed by atoms with Crippen LogP contribution in [0.25, 0.3) is 11.2 Å². The van der Waals surface area contributed by atoms with E-state index < -0.39 is 35.2 Å². The van der Waals surface area contributed by atoms with E-state index in [0.29, 0.717) is 72.7 Å². The van der Waals surface area contributed by atoms with E-state index in [0.717, 1.165) is 12.0 Å². The first-order chi connectivity index (χ1) is 24.4. The molecule has 3 heterocycles. The van der Waals surface area contributed by atoms with Gasteiger partial charge in [-0.25, -0.2) is 14.8 Å². The molecule has 0 bridgehead atoms. The number of nitrogens with two attached hydrogens (primary N) is 2. The number of Topliss-reactive ketones (excluding diaryl/α,β-unsaturated/α-hetero) is 1. The molecule has 270 valence electrons. The Bertz CT molecular complexity index is 1900. The van der Waals surface area contributed by atoms with Crippen LogP contribution < -0.4 is 25.7 Å². The van der Waals surface area contributed by atoms with Crippen molar-refractivity contribution in [3.05, 3.63) is 65.5 Å². The van der Waals surface area contributed by atoms with Gasteiger partial charge in [-0.05, 0) is 73.9 Å². The summed E-state index contributed by atoms with van der Waals surface area (Å²) in [7, 11) is 3.15. The standard InChI is InChI=1S/C37H45N7O7/c1-6-37(2,3)31(45)34(46)44-17-8-7-12-26(44)35(47)51-27(15-13-22-14-16-28(48-4)29(18-22)49-5)23-10-9-11-25(19-23)50-21-24-20-40-33-30(41-24)32(38)42-36(39)43-33/h9-11,14,16,18-20,26-27H,6-8,12-13,15,17,21H2,1-5H3,(H4,38,39,40,42,43). The largest absolute Gasteiger partial charge is 0.493 e. The summed E-state index contributed by atoms with van der Waals surface area (Å²) < 4.78 is 23.2. The van der Waals surface area contributed by atoms with E-state index in [4.69, 9.17) is 30.4 Å². The minimum Gasteiger partial charge on any atom is -0.493 e. The summed E-state index contributed by atoms with van der Waals surface area (Å²) in [6.45, 7) is 5.73. The Morgan fingerprint density at radius 3 is 2.53 bits per heavy atom. The number of rotatable bonds is 14. The number of carbonyl (C=O) groups excluding carboxylic acids is 3. The number of esters is 1. The molecule has 1 amide bonds. The molecular weight excluding hydrogens is 654 g/mol. The number of nitrogens with zero attached hydrogens (tertiary/aromatic N) is 5. The van der Waals surface area contributed by atoms with E-state index in [1.807, 2.05) is 37.3 Å². The Hall–Kier alpha value is -5.53. The first-order valence-electron chi connectivity index (χ1n) is 17.0. The topological polar surface area (TPSA) is 195 Å². The zero-order valence-corrected chi connectivity index (χ0v) is 29.7. The Kier molecular flexibility index (Phi) is 11.5. The molecular formula is C37H45N7O7. The predicted octanol–water partition coefficient (Wildman–Crippen LogP) is 4.78. The fourth-order valence-electron chi connectivity index (χ4n) is 5.86. The SMILES string of the molecule is CCC(C)(C)C(=O)C(=O)N1CCCCC1C(=O)OC(CCc1ccc(OC)c(OC)c1)c1cccc(OCc2cnc3nc(N)nc(N)c3n2)c1. The van der Waals surface area contributed by atoms with Crippen molar-refractivity contribution in [2.75, 3.05) is 32.2 Å². The molecule has 0 aliphatic carbocycles. The second kappa shape index (κ2) is 16.0. The summed E-state index contributed by atoms with van der Waals surface area (Å²) in [4.78, 5) is 58.7. The normalized spacial score (nSPS) is 15.2. The Morgan fingerprint density at radius 1 is 1.00 bits per heavy atom. The first kappa shape index (κ1) is 36.7. The van der Waals surface area contributed by atoms with Crippen LogP contribution in [-0.4, -0.2) is 69.3 Å². The zero-order valence-electron chi connectivity index (χ0n) is 29.7. The molecule has 1 fully saturated rings. The van der Waals surface area contributed by atoms with Gasteiger partial charge in [-0.1, -0.05) is 39.0 Å². The second-order valence-electron chi connectivity index (χ2n) is 13.1. The number of carbonyl (C=O) groups is 3. The summed E-state index contributed by atoms with van der Waals surface area (Å²) in [5, 5.41) is 0. The lowest BCUT2D eigenvalue weighted by Crippen LogP contribution is -2.53. The molecule has 0 spiro atoms. The smallest absolute Gasteiger partial charge is 0.329 e. The minimum absolute atomic E-state index is 0.00761. The van der Waals surface area contributed by atoms with Gasteiger partial charge in [0, 0.05) is 12.0 Å². The molecule has 14 nitrogen and oxygen atoms in total. The third-order valence-corrected chi connectivity index (χ3v) is 9.25. The molecule has 51 heavy (non-hydrogen) atoms. The number of aromatic nitrogens is 4. The summed E-state index contributed by atoms with van der Waals surface area (Å²) in [6, 6.07) is 12.0. The maximum Gasteiger partial charge on any atom is 0.329 e. The number of amides is 1. The van der Waals surface area contributed by atoms with Crippen molar-refractivity contribution in [1.82, 2.24) is 24.8 Å². The lowest BCUT2D eigenvalue weighted by Gasteiger charge is -2.36. The molecule has 4 aromatic rings. The Morgan fingerprint density at radius 2 is 1.78 bits per heavy atom. The molecule has 5 rings (SSSR count). The highest BCUT2D eigenvalue weighted by Crippen LogP contribution is 2.33. The summed E-state index contributed by atoms with van der Waals surface area (Å²) in [5.41, 5.74) is 13.5. The lowest BCUT2D eigenvalue weighted by molar-refractivity contribution is -0.164. The van der Waals surface area contributed by atoms with Gasteiger partial charge >= 0.3 is 5.97 Å². The van der Waals surface area contributed by atoms with Crippen molar-refractivity contribution < 1.29 is 33.3 Å². The lowest BCUT2D eigenvalue weighted by atomic mass is 9.84. The first-order valence-corrected chi connectivity index (χ1v) is 17.0. The van der Waals surface area contributed by atoms with Gasteiger partial charge in [0.1, 0.15) is 24.5 Å². The van der Waals surface area contributed by atoms with Crippen molar-refractivity contribution in [2.45, 2.75) is 78.0 Å². The third kappa shape index (κ3) is 8.62. The molecule has 1 saturated heterocycles. The molecule has 14 heteroatoms. The Labute approximate surface area is 296 Å². The number of anilines is 2. The van der Waals surface area contributed by atoms with E-state index in [9.17, 15) is 14.4 Å². The van der Waals surface area contributed by atoms with Crippen molar-refractivity contribution in [1.29, 1.82) is 0 Å². The molecule has 2 aromatic heterocycles. The average molecular weight is 700 g/mol. The Balaban J connectivity index is 1.38. The molecule has 4 N–H and O–H groups in total. The van der Waals surface area contributed by atoms with Crippen LogP contribution in [0.3, 0.4) is 0 Å². The summed E-state index contributed by atoms with van der Waals surface area (Å²) in [6.07, 6.45) is 4.09. The van der Waals surface area contributed by atoms with Crippen molar-refractivity contribution >= 4 is 40.6 Å². The van der Waals surface area contributed by atoms with Gasteiger partial charge < -0.3 is 35.3 Å². The van der Waals surface area contributed by atoms with E-state index >= 15 is 0 Å². The fraction of sp³-hybridized carbons (Fsp3) is 0.432. The number of aryl methyl sites for hydroxylation is 1. The molecule has 0 saturated carbocycles. The molecule has 1 aliphatic rings. The molecule has 2 aromatic carbocycles. The third-order valence-electron chi connectivity index (χ3n) is 9.25. The molecule has 2 atom stereocenters. The van der Waals surface area contributed by atoms with Crippen LogP contribution in [0.1, 0.15) is 75.8 Å². The van der Waals surface area contributed by atoms with Gasteiger partial charge in [-0.15, -0.1) is 0 Å². The number of ether oxygens (including phenoxy) is 4. The number of ketones is 1. The van der Waals surface area contributed by atoms with Gasteiger partial charge in [0.2, 0.25) is 11.7 Å².